The van der Waals surface area contributed by atoms with Crippen molar-refractivity contribution in [3.8, 4) is 0 Å². The monoisotopic (exact) mass is 140 g/mol. The lowest BCUT2D eigenvalue weighted by molar-refractivity contribution is -0.0372. The van der Waals surface area contributed by atoms with Crippen LogP contribution in [-0.4, -0.2) is 35.0 Å². The first-order valence-electron chi connectivity index (χ1n) is 2.17. The summed E-state index contributed by atoms with van der Waals surface area (Å²) in [6.07, 6.45) is -0.856. The minimum Gasteiger partial charge on any atom is -0.412 e. The summed E-state index contributed by atoms with van der Waals surface area (Å²) in [4.78, 5) is 4.30. The summed E-state index contributed by atoms with van der Waals surface area (Å²) in [5.41, 5.74) is 1.86. The number of hydrazine groups is 1. The Labute approximate surface area is 52.5 Å². The van der Waals surface area contributed by atoms with Crippen molar-refractivity contribution in [1.82, 2.24) is 5.59 Å². The van der Waals surface area contributed by atoms with Crippen molar-refractivity contribution in [3.63, 3.8) is 0 Å². The summed E-state index contributed by atoms with van der Waals surface area (Å²) in [6, 6.07) is 0. The normalized spacial score (nSPS) is 12.3. The highest BCUT2D eigenvalue weighted by Crippen LogP contribution is 1.77. The summed E-state index contributed by atoms with van der Waals surface area (Å²) in [5.74, 6) is 4.67. The van der Waals surface area contributed by atoms with Gasteiger partial charge in [-0.2, -0.15) is 0 Å². The Morgan fingerprint density at radius 1 is 1.67 bits per heavy atom. The van der Waals surface area contributed by atoms with Crippen LogP contribution in [0.15, 0.2) is 0 Å². The fourth-order valence-corrected chi connectivity index (χ4v) is 0.197. The van der Waals surface area contributed by atoms with Gasteiger partial charge in [-0.05, 0) is 0 Å². The van der Waals surface area contributed by atoms with E-state index in [1.54, 1.807) is 0 Å². The van der Waals surface area contributed by atoms with Crippen LogP contribution in [-0.2, 0) is 4.84 Å². The molecule has 0 amide bonds. The van der Waals surface area contributed by atoms with E-state index in [2.05, 4.69) is 10.7 Å². The molecule has 0 saturated carbocycles. The predicted molar refractivity (Wildman–Crippen MR) is 30.0 cm³/mol. The predicted octanol–water partition coefficient (Wildman–Crippen LogP) is -3.09. The molecule has 1 atom stereocenters. The van der Waals surface area contributed by atoms with Gasteiger partial charge >= 0.3 is 0 Å². The quantitative estimate of drug-likeness (QED) is 0.244. The maximum Gasteiger partial charge on any atom is 0.102 e. The van der Waals surface area contributed by atoms with Crippen LogP contribution in [0.5, 0.6) is 0 Å². The van der Waals surface area contributed by atoms with Gasteiger partial charge in [0.25, 0.3) is 0 Å². The van der Waals surface area contributed by atoms with Crippen LogP contribution in [0, 0.1) is 0 Å². The average molecular weight is 140 g/mol. The summed E-state index contributed by atoms with van der Waals surface area (Å²) >= 11 is 0. The van der Waals surface area contributed by atoms with Crippen LogP contribution in [0.25, 0.3) is 0 Å². The van der Waals surface area contributed by atoms with E-state index in [0.29, 0.717) is 0 Å². The second kappa shape index (κ2) is 7.76. The first-order valence-corrected chi connectivity index (χ1v) is 2.17. The van der Waals surface area contributed by atoms with Gasteiger partial charge in [-0.25, -0.2) is 5.84 Å². The molecule has 0 aliphatic rings. The van der Waals surface area contributed by atoms with Gasteiger partial charge in [0.2, 0.25) is 0 Å². The molecule has 7 N–H and O–H groups in total. The van der Waals surface area contributed by atoms with E-state index in [-0.39, 0.29) is 18.7 Å². The third kappa shape index (κ3) is 7.76. The highest BCUT2D eigenvalue weighted by Gasteiger charge is 1.98. The van der Waals surface area contributed by atoms with Crippen LogP contribution >= 0.6 is 0 Å². The van der Waals surface area contributed by atoms with E-state index in [1.807, 2.05) is 5.59 Å². The summed E-state index contributed by atoms with van der Waals surface area (Å²) < 4.78 is 0. The standard InChI is InChI=1S/C3H10N2O3.H2O/c4-5-8-2-3(7)1-6;/h3,5-7H,1-2,4H2;1H2. The number of aliphatic hydroxyl groups excluding tert-OH is 2. The highest BCUT2D eigenvalue weighted by atomic mass is 16.7. The average Bonchev–Trinajstić information content (AvgIpc) is 1.83. The second-order valence-corrected chi connectivity index (χ2v) is 1.27. The molecule has 0 bridgehead atoms. The Morgan fingerprint density at radius 2 is 2.22 bits per heavy atom. The van der Waals surface area contributed by atoms with Crippen molar-refractivity contribution < 1.29 is 20.5 Å². The first kappa shape index (κ1) is 11.5. The number of nitrogens with one attached hydrogen (secondary N) is 1. The molecule has 0 rings (SSSR count). The van der Waals surface area contributed by atoms with Gasteiger partial charge in [-0.1, -0.05) is 0 Å². The molecule has 0 aromatic heterocycles. The molecular formula is C3H12N2O4. The van der Waals surface area contributed by atoms with Crippen LogP contribution in [0.2, 0.25) is 0 Å². The SMILES string of the molecule is NNOCC(O)CO.O. The smallest absolute Gasteiger partial charge is 0.102 e. The number of aliphatic hydroxyl groups is 2. The zero-order valence-electron chi connectivity index (χ0n) is 4.87. The molecular weight excluding hydrogens is 128 g/mol. The summed E-state index contributed by atoms with van der Waals surface area (Å²) in [5, 5.41) is 16.7. The van der Waals surface area contributed by atoms with Gasteiger partial charge in [-0.15, -0.1) is 5.59 Å². The molecule has 0 aromatic rings. The number of rotatable bonds is 4. The van der Waals surface area contributed by atoms with Crippen LogP contribution in [0.1, 0.15) is 0 Å². The van der Waals surface area contributed by atoms with Gasteiger partial charge < -0.3 is 15.7 Å². The molecule has 1 unspecified atom stereocenters. The van der Waals surface area contributed by atoms with Crippen LogP contribution in [0.3, 0.4) is 0 Å². The fourth-order valence-electron chi connectivity index (χ4n) is 0.197. The van der Waals surface area contributed by atoms with E-state index in [4.69, 9.17) is 10.2 Å². The molecule has 6 heteroatoms. The summed E-state index contributed by atoms with van der Waals surface area (Å²) in [7, 11) is 0. The molecule has 9 heavy (non-hydrogen) atoms. The lowest BCUT2D eigenvalue weighted by Gasteiger charge is -2.04. The van der Waals surface area contributed by atoms with Crippen LogP contribution < -0.4 is 11.4 Å². The van der Waals surface area contributed by atoms with E-state index < -0.39 is 6.10 Å². The molecule has 0 aliphatic carbocycles. The molecule has 0 aromatic carbocycles. The Kier molecular flexibility index (Phi) is 9.95. The largest absolute Gasteiger partial charge is 0.412 e. The fraction of sp³-hybridized carbons (Fsp3) is 1.00. The topological polar surface area (TPSA) is 119 Å². The van der Waals surface area contributed by atoms with Gasteiger partial charge in [-0.3, -0.25) is 4.84 Å². The molecule has 0 radical (unpaired) electrons. The van der Waals surface area contributed by atoms with Crippen molar-refractivity contribution >= 4 is 0 Å². The number of nitrogens with two attached hydrogens (primary N) is 1. The molecule has 58 valence electrons. The van der Waals surface area contributed by atoms with Crippen LogP contribution in [0.4, 0.5) is 0 Å². The minimum absolute atomic E-state index is 0. The van der Waals surface area contributed by atoms with Gasteiger partial charge in [0.15, 0.2) is 0 Å². The zero-order chi connectivity index (χ0) is 6.41. The molecule has 0 saturated heterocycles. The van der Waals surface area contributed by atoms with E-state index in [9.17, 15) is 0 Å². The Bertz CT molecular complexity index is 53.1. The van der Waals surface area contributed by atoms with Gasteiger partial charge in [0.1, 0.15) is 6.10 Å². The van der Waals surface area contributed by atoms with Crippen molar-refractivity contribution in [2.45, 2.75) is 6.10 Å². The minimum atomic E-state index is -0.856. The second-order valence-electron chi connectivity index (χ2n) is 1.27. The molecule has 0 heterocycles. The van der Waals surface area contributed by atoms with E-state index in [1.165, 1.54) is 0 Å². The lowest BCUT2D eigenvalue weighted by atomic mass is 10.4. The van der Waals surface area contributed by atoms with Crippen molar-refractivity contribution in [3.05, 3.63) is 0 Å². The summed E-state index contributed by atoms with van der Waals surface area (Å²) in [6.45, 7) is -0.325. The third-order valence-corrected chi connectivity index (χ3v) is 0.570. The zero-order valence-corrected chi connectivity index (χ0v) is 4.87. The molecule has 0 spiro atoms. The Balaban J connectivity index is 0. The Hall–Kier alpha value is -0.240. The van der Waals surface area contributed by atoms with Crippen molar-refractivity contribution in [2.24, 2.45) is 5.84 Å². The highest BCUT2D eigenvalue weighted by molar-refractivity contribution is 4.45. The Morgan fingerprint density at radius 3 is 2.56 bits per heavy atom. The lowest BCUT2D eigenvalue weighted by Crippen LogP contribution is -2.29. The van der Waals surface area contributed by atoms with Gasteiger partial charge in [0, 0.05) is 0 Å². The van der Waals surface area contributed by atoms with Crippen molar-refractivity contribution in [1.29, 1.82) is 0 Å². The maximum atomic E-state index is 8.52. The molecule has 6 nitrogen and oxygen atoms in total. The van der Waals surface area contributed by atoms with Crippen molar-refractivity contribution in [2.75, 3.05) is 13.2 Å². The van der Waals surface area contributed by atoms with Gasteiger partial charge in [0.05, 0.1) is 13.2 Å². The number of hydrogen-bond acceptors (Lipinski definition) is 5. The maximum absolute atomic E-state index is 8.52. The third-order valence-electron chi connectivity index (χ3n) is 0.570. The molecule has 0 aliphatic heterocycles. The molecule has 0 fully saturated rings. The first-order chi connectivity index (χ1) is 3.81. The van der Waals surface area contributed by atoms with E-state index >= 15 is 0 Å². The number of hydrogen-bond donors (Lipinski definition) is 4. The van der Waals surface area contributed by atoms with E-state index in [0.717, 1.165) is 0 Å².